The zero-order valence-electron chi connectivity index (χ0n) is 14.2. The molecule has 1 aliphatic heterocycles. The van der Waals surface area contributed by atoms with Gasteiger partial charge in [-0.1, -0.05) is 6.07 Å². The lowest BCUT2D eigenvalue weighted by Gasteiger charge is -2.35. The number of ketones is 1. The molecule has 1 amide bonds. The molecule has 3 rings (SSSR count). The number of hydrogen-bond donors (Lipinski definition) is 0. The highest BCUT2D eigenvalue weighted by atomic mass is 16.5. The molecule has 1 fully saturated rings. The predicted octanol–water partition coefficient (Wildman–Crippen LogP) is 2.01. The Kier molecular flexibility index (Phi) is 5.28. The molecule has 2 aromatic rings. The first kappa shape index (κ1) is 17.0. The number of carbonyl (C=O) groups is 2. The van der Waals surface area contributed by atoms with E-state index >= 15 is 0 Å². The van der Waals surface area contributed by atoms with Gasteiger partial charge in [0.2, 0.25) is 0 Å². The van der Waals surface area contributed by atoms with Crippen LogP contribution < -0.4 is 9.64 Å². The van der Waals surface area contributed by atoms with Crippen LogP contribution in [0.5, 0.6) is 5.75 Å². The maximum Gasteiger partial charge on any atom is 0.260 e. The molecule has 1 aromatic heterocycles. The van der Waals surface area contributed by atoms with Crippen LogP contribution in [0, 0.1) is 0 Å². The lowest BCUT2D eigenvalue weighted by molar-refractivity contribution is -0.133. The average Bonchev–Trinajstić information content (AvgIpc) is 2.67. The molecule has 0 spiro atoms. The summed E-state index contributed by atoms with van der Waals surface area (Å²) in [5.74, 6) is 1.51. The van der Waals surface area contributed by atoms with Gasteiger partial charge in [0.05, 0.1) is 0 Å². The molecule has 0 saturated carbocycles. The number of pyridine rings is 1. The van der Waals surface area contributed by atoms with E-state index < -0.39 is 0 Å². The summed E-state index contributed by atoms with van der Waals surface area (Å²) >= 11 is 0. The number of piperazine rings is 1. The van der Waals surface area contributed by atoms with Gasteiger partial charge >= 0.3 is 0 Å². The Morgan fingerprint density at radius 3 is 2.36 bits per heavy atom. The minimum Gasteiger partial charge on any atom is -0.484 e. The highest BCUT2D eigenvalue weighted by Crippen LogP contribution is 2.14. The molecule has 1 aromatic carbocycles. The number of ether oxygens (including phenoxy) is 1. The molecular formula is C19H21N3O3. The Bertz CT molecular complexity index is 723. The molecule has 25 heavy (non-hydrogen) atoms. The molecule has 130 valence electrons. The minimum absolute atomic E-state index is 0.00298. The third kappa shape index (κ3) is 4.35. The van der Waals surface area contributed by atoms with Crippen LogP contribution in [0.15, 0.2) is 48.7 Å². The van der Waals surface area contributed by atoms with Crippen molar-refractivity contribution >= 4 is 17.5 Å². The number of aromatic nitrogens is 1. The van der Waals surface area contributed by atoms with Crippen molar-refractivity contribution in [3.8, 4) is 5.75 Å². The second-order valence-corrected chi connectivity index (χ2v) is 5.93. The summed E-state index contributed by atoms with van der Waals surface area (Å²) in [4.78, 5) is 31.9. The number of benzene rings is 1. The lowest BCUT2D eigenvalue weighted by atomic mass is 10.1. The summed E-state index contributed by atoms with van der Waals surface area (Å²) < 4.78 is 5.54. The topological polar surface area (TPSA) is 62.7 Å². The molecule has 0 atom stereocenters. The van der Waals surface area contributed by atoms with Crippen LogP contribution in [0.25, 0.3) is 0 Å². The maximum atomic E-state index is 12.3. The monoisotopic (exact) mass is 339 g/mol. The summed E-state index contributed by atoms with van der Waals surface area (Å²) in [5, 5.41) is 0. The largest absolute Gasteiger partial charge is 0.484 e. The van der Waals surface area contributed by atoms with Crippen LogP contribution in [0.2, 0.25) is 0 Å². The van der Waals surface area contributed by atoms with Crippen molar-refractivity contribution < 1.29 is 14.3 Å². The first-order valence-corrected chi connectivity index (χ1v) is 8.31. The van der Waals surface area contributed by atoms with Crippen molar-refractivity contribution in [3.63, 3.8) is 0 Å². The van der Waals surface area contributed by atoms with Crippen LogP contribution in [0.1, 0.15) is 17.3 Å². The van der Waals surface area contributed by atoms with Crippen LogP contribution in [-0.2, 0) is 4.79 Å². The molecular weight excluding hydrogens is 318 g/mol. The van der Waals surface area contributed by atoms with Crippen LogP contribution in [0.3, 0.4) is 0 Å². The average molecular weight is 339 g/mol. The third-order valence-electron chi connectivity index (χ3n) is 4.23. The van der Waals surface area contributed by atoms with E-state index in [0.717, 1.165) is 18.9 Å². The molecule has 6 nitrogen and oxygen atoms in total. The molecule has 0 unspecified atom stereocenters. The van der Waals surface area contributed by atoms with E-state index in [-0.39, 0.29) is 18.3 Å². The van der Waals surface area contributed by atoms with Crippen molar-refractivity contribution in [3.05, 3.63) is 54.2 Å². The maximum absolute atomic E-state index is 12.3. The van der Waals surface area contributed by atoms with Crippen molar-refractivity contribution in [1.82, 2.24) is 9.88 Å². The molecule has 6 heteroatoms. The van der Waals surface area contributed by atoms with E-state index in [2.05, 4.69) is 9.88 Å². The van der Waals surface area contributed by atoms with Crippen LogP contribution in [0.4, 0.5) is 5.82 Å². The molecule has 0 radical (unpaired) electrons. The smallest absolute Gasteiger partial charge is 0.260 e. The Morgan fingerprint density at radius 2 is 1.76 bits per heavy atom. The van der Waals surface area contributed by atoms with E-state index in [1.165, 1.54) is 6.92 Å². The molecule has 1 aliphatic rings. The normalized spacial score (nSPS) is 14.3. The Morgan fingerprint density at radius 1 is 1.04 bits per heavy atom. The van der Waals surface area contributed by atoms with Crippen molar-refractivity contribution in [2.24, 2.45) is 0 Å². The SMILES string of the molecule is CC(=O)c1ccc(OCC(=O)N2CCN(c3ccccn3)CC2)cc1. The Hall–Kier alpha value is -2.89. The first-order chi connectivity index (χ1) is 12.1. The predicted molar refractivity (Wildman–Crippen MR) is 95.0 cm³/mol. The quantitative estimate of drug-likeness (QED) is 0.780. The number of amides is 1. The molecule has 2 heterocycles. The number of Topliss-reactive ketones (excluding diaryl/α,β-unsaturated/α-hetero) is 1. The number of anilines is 1. The second kappa shape index (κ2) is 7.79. The van der Waals surface area contributed by atoms with Gasteiger partial charge in [-0.25, -0.2) is 4.98 Å². The fourth-order valence-corrected chi connectivity index (χ4v) is 2.75. The zero-order chi connectivity index (χ0) is 17.6. The van der Waals surface area contributed by atoms with Crippen molar-refractivity contribution in [2.45, 2.75) is 6.92 Å². The van der Waals surface area contributed by atoms with Gasteiger partial charge < -0.3 is 14.5 Å². The Labute approximate surface area is 147 Å². The van der Waals surface area contributed by atoms with Crippen LogP contribution in [-0.4, -0.2) is 54.4 Å². The van der Waals surface area contributed by atoms with Gasteiger partial charge in [-0.15, -0.1) is 0 Å². The molecule has 0 bridgehead atoms. The van der Waals surface area contributed by atoms with Crippen LogP contribution >= 0.6 is 0 Å². The number of nitrogens with zero attached hydrogens (tertiary/aromatic N) is 3. The van der Waals surface area contributed by atoms with E-state index in [9.17, 15) is 9.59 Å². The summed E-state index contributed by atoms with van der Waals surface area (Å²) in [7, 11) is 0. The number of carbonyl (C=O) groups excluding carboxylic acids is 2. The summed E-state index contributed by atoms with van der Waals surface area (Å²) in [6.07, 6.45) is 1.78. The standard InChI is InChI=1S/C19H21N3O3/c1-15(23)16-5-7-17(8-6-16)25-14-19(24)22-12-10-21(11-13-22)18-4-2-3-9-20-18/h2-9H,10-14H2,1H3. The zero-order valence-corrected chi connectivity index (χ0v) is 14.2. The number of rotatable bonds is 5. The van der Waals surface area contributed by atoms with Crippen molar-refractivity contribution in [1.29, 1.82) is 0 Å². The summed E-state index contributed by atoms with van der Waals surface area (Å²) in [6, 6.07) is 12.7. The fourth-order valence-electron chi connectivity index (χ4n) is 2.75. The van der Waals surface area contributed by atoms with E-state index in [1.54, 1.807) is 30.5 Å². The second-order valence-electron chi connectivity index (χ2n) is 5.93. The van der Waals surface area contributed by atoms with Gasteiger partial charge in [0.1, 0.15) is 11.6 Å². The Balaban J connectivity index is 1.47. The molecule has 0 N–H and O–H groups in total. The van der Waals surface area contributed by atoms with Gasteiger partial charge in [-0.2, -0.15) is 0 Å². The van der Waals surface area contributed by atoms with Gasteiger partial charge in [0, 0.05) is 37.9 Å². The summed E-state index contributed by atoms with van der Waals surface area (Å²) in [5.41, 5.74) is 0.629. The fraction of sp³-hybridized carbons (Fsp3) is 0.316. The van der Waals surface area contributed by atoms with Gasteiger partial charge in [-0.05, 0) is 43.3 Å². The van der Waals surface area contributed by atoms with Gasteiger partial charge in [0.25, 0.3) is 5.91 Å². The molecule has 1 saturated heterocycles. The number of hydrogen-bond acceptors (Lipinski definition) is 5. The van der Waals surface area contributed by atoms with Crippen molar-refractivity contribution in [2.75, 3.05) is 37.7 Å². The molecule has 0 aliphatic carbocycles. The van der Waals surface area contributed by atoms with Gasteiger partial charge in [0.15, 0.2) is 12.4 Å². The first-order valence-electron chi connectivity index (χ1n) is 8.31. The third-order valence-corrected chi connectivity index (χ3v) is 4.23. The van der Waals surface area contributed by atoms with E-state index in [1.807, 2.05) is 23.1 Å². The summed E-state index contributed by atoms with van der Waals surface area (Å²) in [6.45, 7) is 4.35. The van der Waals surface area contributed by atoms with Gasteiger partial charge in [-0.3, -0.25) is 9.59 Å². The van der Waals surface area contributed by atoms with E-state index in [4.69, 9.17) is 4.74 Å². The highest BCUT2D eigenvalue weighted by molar-refractivity contribution is 5.94. The highest BCUT2D eigenvalue weighted by Gasteiger charge is 2.22. The lowest BCUT2D eigenvalue weighted by Crippen LogP contribution is -2.50. The van der Waals surface area contributed by atoms with E-state index in [0.29, 0.717) is 24.4 Å². The minimum atomic E-state index is -0.0312.